The lowest BCUT2D eigenvalue weighted by molar-refractivity contribution is -0.115. The van der Waals surface area contributed by atoms with E-state index in [0.717, 1.165) is 12.8 Å². The molecule has 0 spiro atoms. The van der Waals surface area contributed by atoms with Gasteiger partial charge in [0, 0.05) is 0 Å². The fraction of sp³-hybridized carbons (Fsp3) is 0.929. The normalized spacial score (nSPS) is 11.6. The standard InChI is InChI=1S/C14H29NO3S/c1-2-3-4-5-6-7-8-9-10-11-12-19(17,18)13-14(15)16/h2-13H2,1H3,(H2,15,16). The van der Waals surface area contributed by atoms with Crippen molar-refractivity contribution in [2.75, 3.05) is 11.5 Å². The molecule has 0 aromatic heterocycles. The van der Waals surface area contributed by atoms with Crippen LogP contribution < -0.4 is 5.73 Å². The van der Waals surface area contributed by atoms with Crippen LogP contribution in [0.1, 0.15) is 71.1 Å². The van der Waals surface area contributed by atoms with Crippen molar-refractivity contribution in [2.24, 2.45) is 5.73 Å². The molecule has 0 aliphatic carbocycles. The van der Waals surface area contributed by atoms with E-state index in [2.05, 4.69) is 6.92 Å². The van der Waals surface area contributed by atoms with Crippen LogP contribution in [0, 0.1) is 0 Å². The first kappa shape index (κ1) is 18.4. The van der Waals surface area contributed by atoms with Gasteiger partial charge in [-0.25, -0.2) is 8.42 Å². The third kappa shape index (κ3) is 13.6. The maximum absolute atomic E-state index is 11.4. The Hall–Kier alpha value is -0.580. The molecule has 114 valence electrons. The zero-order chi connectivity index (χ0) is 14.6. The molecule has 0 radical (unpaired) electrons. The highest BCUT2D eigenvalue weighted by molar-refractivity contribution is 7.92. The number of primary amides is 1. The second-order valence-corrected chi connectivity index (χ2v) is 7.42. The number of hydrogen-bond donors (Lipinski definition) is 1. The maximum atomic E-state index is 11.4. The first-order valence-electron chi connectivity index (χ1n) is 7.46. The molecule has 0 fully saturated rings. The molecule has 0 heterocycles. The van der Waals surface area contributed by atoms with Gasteiger partial charge in [-0.05, 0) is 6.42 Å². The fourth-order valence-electron chi connectivity index (χ4n) is 2.10. The lowest BCUT2D eigenvalue weighted by Crippen LogP contribution is -2.24. The van der Waals surface area contributed by atoms with Crippen LogP contribution in [0.15, 0.2) is 0 Å². The molecule has 0 aliphatic rings. The summed E-state index contributed by atoms with van der Waals surface area (Å²) in [6.07, 6.45) is 11.6. The summed E-state index contributed by atoms with van der Waals surface area (Å²) in [4.78, 5) is 10.5. The lowest BCUT2D eigenvalue weighted by atomic mass is 10.1. The number of carbonyl (C=O) groups excluding carboxylic acids is 1. The molecule has 1 amide bonds. The van der Waals surface area contributed by atoms with Crippen LogP contribution in [0.4, 0.5) is 0 Å². The Balaban J connectivity index is 3.34. The zero-order valence-electron chi connectivity index (χ0n) is 12.2. The number of hydrogen-bond acceptors (Lipinski definition) is 3. The number of rotatable bonds is 13. The second kappa shape index (κ2) is 11.3. The quantitative estimate of drug-likeness (QED) is 0.530. The van der Waals surface area contributed by atoms with Gasteiger partial charge in [-0.3, -0.25) is 4.79 Å². The predicted molar refractivity (Wildman–Crippen MR) is 79.7 cm³/mol. The Labute approximate surface area is 118 Å². The highest BCUT2D eigenvalue weighted by Crippen LogP contribution is 2.11. The Morgan fingerprint density at radius 3 is 1.68 bits per heavy atom. The minimum atomic E-state index is -3.26. The number of nitrogens with two attached hydrogens (primary N) is 1. The molecule has 2 N–H and O–H groups in total. The van der Waals surface area contributed by atoms with Gasteiger partial charge in [-0.2, -0.15) is 0 Å². The molecule has 0 unspecified atom stereocenters. The molecule has 0 aliphatic heterocycles. The zero-order valence-corrected chi connectivity index (χ0v) is 13.0. The third-order valence-corrected chi connectivity index (χ3v) is 4.81. The minimum Gasteiger partial charge on any atom is -0.369 e. The van der Waals surface area contributed by atoms with E-state index >= 15 is 0 Å². The van der Waals surface area contributed by atoms with E-state index in [1.54, 1.807) is 0 Å². The van der Waals surface area contributed by atoms with Gasteiger partial charge in [0.05, 0.1) is 5.75 Å². The van der Waals surface area contributed by atoms with Gasteiger partial charge in [-0.15, -0.1) is 0 Å². The van der Waals surface area contributed by atoms with E-state index < -0.39 is 21.5 Å². The van der Waals surface area contributed by atoms with Crippen molar-refractivity contribution < 1.29 is 13.2 Å². The van der Waals surface area contributed by atoms with Crippen molar-refractivity contribution in [3.05, 3.63) is 0 Å². The molecule has 4 nitrogen and oxygen atoms in total. The number of carbonyl (C=O) groups is 1. The maximum Gasteiger partial charge on any atom is 0.232 e. The monoisotopic (exact) mass is 291 g/mol. The van der Waals surface area contributed by atoms with E-state index in [4.69, 9.17) is 5.73 Å². The van der Waals surface area contributed by atoms with Crippen LogP contribution in [-0.4, -0.2) is 25.8 Å². The highest BCUT2D eigenvalue weighted by Gasteiger charge is 2.13. The summed E-state index contributed by atoms with van der Waals surface area (Å²) in [5.41, 5.74) is 4.88. The van der Waals surface area contributed by atoms with Gasteiger partial charge in [0.1, 0.15) is 5.75 Å². The molecule has 0 aromatic carbocycles. The van der Waals surface area contributed by atoms with Gasteiger partial charge in [0.2, 0.25) is 5.91 Å². The van der Waals surface area contributed by atoms with Crippen molar-refractivity contribution in [1.82, 2.24) is 0 Å². The molecular weight excluding hydrogens is 262 g/mol. The molecule has 0 atom stereocenters. The summed E-state index contributed by atoms with van der Waals surface area (Å²) in [5.74, 6) is -1.18. The fourth-order valence-corrected chi connectivity index (χ4v) is 3.32. The smallest absolute Gasteiger partial charge is 0.232 e. The van der Waals surface area contributed by atoms with Crippen LogP contribution in [0.2, 0.25) is 0 Å². The summed E-state index contributed by atoms with van der Waals surface area (Å²) in [5, 5.41) is 0. The van der Waals surface area contributed by atoms with E-state index in [9.17, 15) is 13.2 Å². The first-order chi connectivity index (χ1) is 8.98. The third-order valence-electron chi connectivity index (χ3n) is 3.17. The first-order valence-corrected chi connectivity index (χ1v) is 9.29. The Morgan fingerprint density at radius 2 is 1.26 bits per heavy atom. The Kier molecular flexibility index (Phi) is 10.9. The average molecular weight is 291 g/mol. The molecular formula is C14H29NO3S. The van der Waals surface area contributed by atoms with Crippen LogP contribution in [-0.2, 0) is 14.6 Å². The van der Waals surface area contributed by atoms with Crippen molar-refractivity contribution in [3.8, 4) is 0 Å². The van der Waals surface area contributed by atoms with Crippen LogP contribution in [0.3, 0.4) is 0 Å². The van der Waals surface area contributed by atoms with Gasteiger partial charge < -0.3 is 5.73 Å². The Bertz CT molecular complexity index is 326. The van der Waals surface area contributed by atoms with Crippen molar-refractivity contribution in [2.45, 2.75) is 71.1 Å². The number of amides is 1. The highest BCUT2D eigenvalue weighted by atomic mass is 32.2. The molecule has 0 rings (SSSR count). The van der Waals surface area contributed by atoms with Crippen LogP contribution in [0.5, 0.6) is 0 Å². The van der Waals surface area contributed by atoms with E-state index in [-0.39, 0.29) is 5.75 Å². The molecule has 0 aromatic rings. The van der Waals surface area contributed by atoms with Gasteiger partial charge >= 0.3 is 0 Å². The summed E-state index contributed by atoms with van der Waals surface area (Å²) in [7, 11) is -3.26. The van der Waals surface area contributed by atoms with Crippen molar-refractivity contribution in [3.63, 3.8) is 0 Å². The summed E-state index contributed by atoms with van der Waals surface area (Å²) >= 11 is 0. The second-order valence-electron chi connectivity index (χ2n) is 5.24. The van der Waals surface area contributed by atoms with Gasteiger partial charge in [0.25, 0.3) is 0 Å². The molecule has 19 heavy (non-hydrogen) atoms. The SMILES string of the molecule is CCCCCCCCCCCCS(=O)(=O)CC(N)=O. The largest absolute Gasteiger partial charge is 0.369 e. The van der Waals surface area contributed by atoms with E-state index in [1.807, 2.05) is 0 Å². The molecule has 0 bridgehead atoms. The lowest BCUT2D eigenvalue weighted by Gasteiger charge is -2.03. The summed E-state index contributed by atoms with van der Waals surface area (Å²) < 4.78 is 22.8. The average Bonchev–Trinajstić information content (AvgIpc) is 2.30. The Morgan fingerprint density at radius 1 is 0.842 bits per heavy atom. The van der Waals surface area contributed by atoms with E-state index in [0.29, 0.717) is 6.42 Å². The van der Waals surface area contributed by atoms with Crippen molar-refractivity contribution >= 4 is 15.7 Å². The van der Waals surface area contributed by atoms with Crippen molar-refractivity contribution in [1.29, 1.82) is 0 Å². The van der Waals surface area contributed by atoms with Crippen LogP contribution >= 0.6 is 0 Å². The molecule has 5 heteroatoms. The predicted octanol–water partition coefficient (Wildman–Crippen LogP) is 2.81. The summed E-state index contributed by atoms with van der Waals surface area (Å²) in [6, 6.07) is 0. The summed E-state index contributed by atoms with van der Waals surface area (Å²) in [6.45, 7) is 2.21. The van der Waals surface area contributed by atoms with Gasteiger partial charge in [-0.1, -0.05) is 64.7 Å². The topological polar surface area (TPSA) is 77.2 Å². The van der Waals surface area contributed by atoms with Gasteiger partial charge in [0.15, 0.2) is 9.84 Å². The number of unbranched alkanes of at least 4 members (excludes halogenated alkanes) is 9. The molecule has 0 saturated heterocycles. The number of sulfone groups is 1. The minimum absolute atomic E-state index is 0.0897. The van der Waals surface area contributed by atoms with E-state index in [1.165, 1.54) is 44.9 Å². The van der Waals surface area contributed by atoms with Crippen LogP contribution in [0.25, 0.3) is 0 Å². The molecule has 0 saturated carbocycles.